The molecule has 0 N–H and O–H groups in total. The summed E-state index contributed by atoms with van der Waals surface area (Å²) in [5, 5.41) is 0. The summed E-state index contributed by atoms with van der Waals surface area (Å²) in [4.78, 5) is 11.4. The van der Waals surface area contributed by atoms with Crippen molar-refractivity contribution in [3.63, 3.8) is 0 Å². The Kier molecular flexibility index (Phi) is 2.57. The van der Waals surface area contributed by atoms with E-state index in [1.807, 2.05) is 19.2 Å². The SMILES string of the molecule is CCOC(=O)c1cc2n(c1)CCCC2. The van der Waals surface area contributed by atoms with Crippen LogP contribution < -0.4 is 0 Å². The van der Waals surface area contributed by atoms with Crippen LogP contribution in [-0.4, -0.2) is 17.1 Å². The number of aryl methyl sites for hydroxylation is 2. The number of hydrogen-bond donors (Lipinski definition) is 0. The van der Waals surface area contributed by atoms with Gasteiger partial charge in [0.15, 0.2) is 0 Å². The number of ether oxygens (including phenoxy) is 1. The first-order valence-electron chi connectivity index (χ1n) is 5.17. The van der Waals surface area contributed by atoms with Crippen molar-refractivity contribution in [2.75, 3.05) is 6.61 Å². The van der Waals surface area contributed by atoms with Crippen LogP contribution in [-0.2, 0) is 17.7 Å². The zero-order valence-corrected chi connectivity index (χ0v) is 8.45. The normalized spacial score (nSPS) is 14.9. The molecule has 0 radical (unpaired) electrons. The van der Waals surface area contributed by atoms with Gasteiger partial charge < -0.3 is 9.30 Å². The Labute approximate surface area is 83.7 Å². The van der Waals surface area contributed by atoms with Crippen LogP contribution in [0.5, 0.6) is 0 Å². The molecule has 0 unspecified atom stereocenters. The first-order valence-corrected chi connectivity index (χ1v) is 5.17. The molecule has 14 heavy (non-hydrogen) atoms. The van der Waals surface area contributed by atoms with Gasteiger partial charge in [-0.3, -0.25) is 0 Å². The minimum absolute atomic E-state index is 0.200. The molecule has 2 rings (SSSR count). The van der Waals surface area contributed by atoms with Crippen LogP contribution in [0.25, 0.3) is 0 Å². The average Bonchev–Trinajstić information content (AvgIpc) is 2.61. The van der Waals surface area contributed by atoms with Gasteiger partial charge in [-0.15, -0.1) is 0 Å². The molecule has 1 aromatic rings. The minimum Gasteiger partial charge on any atom is -0.462 e. The number of carbonyl (C=O) groups is 1. The number of aromatic nitrogens is 1. The van der Waals surface area contributed by atoms with Crippen LogP contribution in [0.2, 0.25) is 0 Å². The molecule has 1 aliphatic heterocycles. The summed E-state index contributed by atoms with van der Waals surface area (Å²) < 4.78 is 7.12. The van der Waals surface area contributed by atoms with Crippen molar-refractivity contribution in [1.29, 1.82) is 0 Å². The van der Waals surface area contributed by atoms with E-state index in [1.54, 1.807) is 0 Å². The van der Waals surface area contributed by atoms with Crippen molar-refractivity contribution in [2.45, 2.75) is 32.7 Å². The van der Waals surface area contributed by atoms with Gasteiger partial charge >= 0.3 is 5.97 Å². The molecule has 0 amide bonds. The van der Waals surface area contributed by atoms with Gasteiger partial charge in [-0.25, -0.2) is 4.79 Å². The lowest BCUT2D eigenvalue weighted by atomic mass is 10.1. The van der Waals surface area contributed by atoms with Gasteiger partial charge in [0.25, 0.3) is 0 Å². The number of esters is 1. The highest BCUT2D eigenvalue weighted by Gasteiger charge is 2.15. The van der Waals surface area contributed by atoms with Crippen LogP contribution in [0.4, 0.5) is 0 Å². The topological polar surface area (TPSA) is 31.2 Å². The molecule has 3 heteroatoms. The zero-order valence-electron chi connectivity index (χ0n) is 8.45. The minimum atomic E-state index is -0.200. The fourth-order valence-electron chi connectivity index (χ4n) is 1.89. The first kappa shape index (κ1) is 9.31. The van der Waals surface area contributed by atoms with Gasteiger partial charge in [-0.1, -0.05) is 0 Å². The van der Waals surface area contributed by atoms with Crippen LogP contribution in [0.1, 0.15) is 35.8 Å². The van der Waals surface area contributed by atoms with Gasteiger partial charge in [-0.2, -0.15) is 0 Å². The molecule has 0 spiro atoms. The molecule has 0 aliphatic carbocycles. The summed E-state index contributed by atoms with van der Waals surface area (Å²) in [6, 6.07) is 1.96. The predicted molar refractivity (Wildman–Crippen MR) is 53.3 cm³/mol. The van der Waals surface area contributed by atoms with Crippen molar-refractivity contribution in [2.24, 2.45) is 0 Å². The maximum absolute atomic E-state index is 11.4. The first-order chi connectivity index (χ1) is 6.81. The van der Waals surface area contributed by atoms with Crippen LogP contribution in [0, 0.1) is 0 Å². The molecule has 2 heterocycles. The fourth-order valence-corrected chi connectivity index (χ4v) is 1.89. The highest BCUT2D eigenvalue weighted by Crippen LogP contribution is 2.18. The highest BCUT2D eigenvalue weighted by atomic mass is 16.5. The van der Waals surface area contributed by atoms with E-state index in [1.165, 1.54) is 18.5 Å². The van der Waals surface area contributed by atoms with Gasteiger partial charge in [0.2, 0.25) is 0 Å². The lowest BCUT2D eigenvalue weighted by Crippen LogP contribution is -2.07. The third-order valence-corrected chi connectivity index (χ3v) is 2.58. The van der Waals surface area contributed by atoms with Crippen molar-refractivity contribution < 1.29 is 9.53 Å². The number of rotatable bonds is 2. The summed E-state index contributed by atoms with van der Waals surface area (Å²) in [6.45, 7) is 3.31. The Morgan fingerprint density at radius 1 is 1.57 bits per heavy atom. The molecule has 0 atom stereocenters. The second-order valence-electron chi connectivity index (χ2n) is 3.59. The van der Waals surface area contributed by atoms with E-state index in [9.17, 15) is 4.79 Å². The van der Waals surface area contributed by atoms with E-state index >= 15 is 0 Å². The average molecular weight is 193 g/mol. The van der Waals surface area contributed by atoms with Gasteiger partial charge in [0.1, 0.15) is 0 Å². The standard InChI is InChI=1S/C11H15NO2/c1-2-14-11(13)9-7-10-5-3-4-6-12(10)8-9/h7-8H,2-6H2,1H3. The zero-order chi connectivity index (χ0) is 9.97. The van der Waals surface area contributed by atoms with Crippen molar-refractivity contribution >= 4 is 5.97 Å². The monoisotopic (exact) mass is 193 g/mol. The van der Waals surface area contributed by atoms with Crippen molar-refractivity contribution in [3.8, 4) is 0 Å². The van der Waals surface area contributed by atoms with Gasteiger partial charge in [0.05, 0.1) is 12.2 Å². The number of hydrogen-bond acceptors (Lipinski definition) is 2. The molecule has 0 bridgehead atoms. The molecular formula is C11H15NO2. The van der Waals surface area contributed by atoms with Gasteiger partial charge in [-0.05, 0) is 32.3 Å². The molecule has 0 saturated heterocycles. The predicted octanol–water partition coefficient (Wildman–Crippen LogP) is 2.00. The highest BCUT2D eigenvalue weighted by molar-refractivity contribution is 5.89. The Morgan fingerprint density at radius 2 is 2.43 bits per heavy atom. The maximum atomic E-state index is 11.4. The quantitative estimate of drug-likeness (QED) is 0.673. The molecule has 1 aromatic heterocycles. The second-order valence-corrected chi connectivity index (χ2v) is 3.59. The van der Waals surface area contributed by atoms with E-state index in [0.717, 1.165) is 13.0 Å². The number of nitrogens with zero attached hydrogens (tertiary/aromatic N) is 1. The summed E-state index contributed by atoms with van der Waals surface area (Å²) in [6.07, 6.45) is 5.43. The third-order valence-electron chi connectivity index (χ3n) is 2.58. The Bertz CT molecular complexity index is 318. The molecule has 1 aliphatic rings. The summed E-state index contributed by atoms with van der Waals surface area (Å²) in [5.41, 5.74) is 1.96. The van der Waals surface area contributed by atoms with Crippen LogP contribution >= 0.6 is 0 Å². The molecule has 0 aromatic carbocycles. The van der Waals surface area contributed by atoms with Crippen LogP contribution in [0.3, 0.4) is 0 Å². The smallest absolute Gasteiger partial charge is 0.339 e. The third kappa shape index (κ3) is 1.67. The Hall–Kier alpha value is -1.25. The van der Waals surface area contributed by atoms with E-state index in [2.05, 4.69) is 4.57 Å². The molecule has 3 nitrogen and oxygen atoms in total. The molecule has 0 saturated carbocycles. The largest absolute Gasteiger partial charge is 0.462 e. The van der Waals surface area contributed by atoms with Crippen LogP contribution in [0.15, 0.2) is 12.3 Å². The van der Waals surface area contributed by atoms with Gasteiger partial charge in [0, 0.05) is 18.4 Å². The number of carbonyl (C=O) groups excluding carboxylic acids is 1. The van der Waals surface area contributed by atoms with E-state index in [-0.39, 0.29) is 5.97 Å². The van der Waals surface area contributed by atoms with E-state index < -0.39 is 0 Å². The van der Waals surface area contributed by atoms with Crippen molar-refractivity contribution in [3.05, 3.63) is 23.5 Å². The van der Waals surface area contributed by atoms with E-state index in [4.69, 9.17) is 4.74 Å². The number of fused-ring (bicyclic) bond motifs is 1. The summed E-state index contributed by atoms with van der Waals surface area (Å²) in [5.74, 6) is -0.200. The lowest BCUT2D eigenvalue weighted by Gasteiger charge is -2.13. The fraction of sp³-hybridized carbons (Fsp3) is 0.545. The molecular weight excluding hydrogens is 178 g/mol. The summed E-state index contributed by atoms with van der Waals surface area (Å²) in [7, 11) is 0. The van der Waals surface area contributed by atoms with Crippen molar-refractivity contribution in [1.82, 2.24) is 4.57 Å². The molecule has 76 valence electrons. The summed E-state index contributed by atoms with van der Waals surface area (Å²) >= 11 is 0. The van der Waals surface area contributed by atoms with E-state index in [0.29, 0.717) is 12.2 Å². The maximum Gasteiger partial charge on any atom is 0.339 e. The second kappa shape index (κ2) is 3.86. The Balaban J connectivity index is 2.19. The molecule has 0 fully saturated rings. The Morgan fingerprint density at radius 3 is 3.14 bits per heavy atom. The lowest BCUT2D eigenvalue weighted by molar-refractivity contribution is 0.0526.